The van der Waals surface area contributed by atoms with Crippen LogP contribution in [0, 0.1) is 11.7 Å². The van der Waals surface area contributed by atoms with Crippen LogP contribution in [0.25, 0.3) is 0 Å². The fourth-order valence-electron chi connectivity index (χ4n) is 4.34. The van der Waals surface area contributed by atoms with Gasteiger partial charge in [0.25, 0.3) is 5.91 Å². The molecule has 2 aliphatic heterocycles. The number of amides is 1. The van der Waals surface area contributed by atoms with Crippen LogP contribution in [0.3, 0.4) is 0 Å². The summed E-state index contributed by atoms with van der Waals surface area (Å²) in [4.78, 5) is 15.0. The highest BCUT2D eigenvalue weighted by Gasteiger charge is 2.31. The first-order valence-electron chi connectivity index (χ1n) is 9.92. The number of rotatable bonds is 5. The molecule has 28 heavy (non-hydrogen) atoms. The van der Waals surface area contributed by atoms with Crippen molar-refractivity contribution in [2.75, 3.05) is 33.2 Å². The third kappa shape index (κ3) is 3.94. The van der Waals surface area contributed by atoms with Gasteiger partial charge in [-0.1, -0.05) is 30.3 Å². The van der Waals surface area contributed by atoms with Crippen LogP contribution in [0.2, 0.25) is 0 Å². The summed E-state index contributed by atoms with van der Waals surface area (Å²) in [5.74, 6) is 0.430. The van der Waals surface area contributed by atoms with E-state index in [1.54, 1.807) is 12.1 Å². The molecule has 5 nitrogen and oxygen atoms in total. The quantitative estimate of drug-likeness (QED) is 0.744. The highest BCUT2D eigenvalue weighted by molar-refractivity contribution is 5.95. The lowest BCUT2D eigenvalue weighted by atomic mass is 9.92. The van der Waals surface area contributed by atoms with E-state index in [9.17, 15) is 9.18 Å². The summed E-state index contributed by atoms with van der Waals surface area (Å²) in [5.41, 5.74) is 9.42. The highest BCUT2D eigenvalue weighted by atomic mass is 19.1. The van der Waals surface area contributed by atoms with E-state index < -0.39 is 0 Å². The molecule has 2 saturated heterocycles. The molecule has 2 heterocycles. The van der Waals surface area contributed by atoms with Gasteiger partial charge in [0.05, 0.1) is 6.04 Å². The second-order valence-corrected chi connectivity index (χ2v) is 7.78. The summed E-state index contributed by atoms with van der Waals surface area (Å²) in [6.45, 7) is 3.31. The number of hydrogen-bond donors (Lipinski definition) is 3. The van der Waals surface area contributed by atoms with Gasteiger partial charge in [-0.2, -0.15) is 0 Å². The predicted molar refractivity (Wildman–Crippen MR) is 107 cm³/mol. The normalized spacial score (nSPS) is 24.4. The van der Waals surface area contributed by atoms with E-state index in [4.69, 9.17) is 0 Å². The van der Waals surface area contributed by atoms with Gasteiger partial charge in [0.15, 0.2) is 0 Å². The summed E-state index contributed by atoms with van der Waals surface area (Å²) in [7, 11) is 1.87. The lowest BCUT2D eigenvalue weighted by molar-refractivity contribution is 0.0770. The zero-order chi connectivity index (χ0) is 19.5. The topological polar surface area (TPSA) is 56.4 Å². The fraction of sp³-hybridized carbons (Fsp3) is 0.409. The minimum Gasteiger partial charge on any atom is -0.341 e. The lowest BCUT2D eigenvalue weighted by Crippen LogP contribution is -2.35. The smallest absolute Gasteiger partial charge is 0.253 e. The van der Waals surface area contributed by atoms with Crippen molar-refractivity contribution in [3.8, 4) is 0 Å². The Balaban J connectivity index is 1.48. The first kappa shape index (κ1) is 19.1. The molecule has 1 amide bonds. The average molecular weight is 382 g/mol. The maximum atomic E-state index is 13.2. The van der Waals surface area contributed by atoms with E-state index in [-0.39, 0.29) is 23.7 Å². The second-order valence-electron chi connectivity index (χ2n) is 7.78. The largest absolute Gasteiger partial charge is 0.341 e. The summed E-state index contributed by atoms with van der Waals surface area (Å²) >= 11 is 0. The molecule has 0 radical (unpaired) electrons. The molecule has 0 bridgehead atoms. The van der Waals surface area contributed by atoms with Crippen LogP contribution in [-0.2, 0) is 0 Å². The van der Waals surface area contributed by atoms with Crippen molar-refractivity contribution < 1.29 is 9.18 Å². The molecular formula is C22H27FN4O. The minimum atomic E-state index is -0.239. The van der Waals surface area contributed by atoms with Gasteiger partial charge in [0, 0.05) is 38.2 Å². The monoisotopic (exact) mass is 382 g/mol. The molecule has 2 aromatic carbocycles. The molecule has 2 aromatic rings. The zero-order valence-electron chi connectivity index (χ0n) is 16.1. The van der Waals surface area contributed by atoms with E-state index in [2.05, 4.69) is 22.2 Å². The molecule has 0 saturated carbocycles. The van der Waals surface area contributed by atoms with Crippen LogP contribution in [0.1, 0.15) is 39.9 Å². The molecule has 0 aliphatic carbocycles. The van der Waals surface area contributed by atoms with Crippen molar-refractivity contribution in [2.24, 2.45) is 5.92 Å². The van der Waals surface area contributed by atoms with Crippen LogP contribution in [-0.4, -0.2) is 44.0 Å². The Morgan fingerprint density at radius 2 is 1.93 bits per heavy atom. The van der Waals surface area contributed by atoms with Crippen LogP contribution in [0.15, 0.2) is 48.5 Å². The van der Waals surface area contributed by atoms with Gasteiger partial charge in [0.1, 0.15) is 5.82 Å². The van der Waals surface area contributed by atoms with Gasteiger partial charge in [-0.05, 0) is 48.2 Å². The van der Waals surface area contributed by atoms with Crippen LogP contribution < -0.4 is 16.2 Å². The van der Waals surface area contributed by atoms with E-state index in [0.717, 1.165) is 42.7 Å². The molecule has 3 atom stereocenters. The average Bonchev–Trinajstić information content (AvgIpc) is 3.40. The molecule has 2 fully saturated rings. The fourth-order valence-corrected chi connectivity index (χ4v) is 4.34. The van der Waals surface area contributed by atoms with Crippen molar-refractivity contribution in [1.82, 2.24) is 21.1 Å². The third-order valence-electron chi connectivity index (χ3n) is 5.87. The number of nitrogens with zero attached hydrogens (tertiary/aromatic N) is 1. The van der Waals surface area contributed by atoms with Gasteiger partial charge in [0.2, 0.25) is 0 Å². The Kier molecular flexibility index (Phi) is 5.71. The highest BCUT2D eigenvalue weighted by Crippen LogP contribution is 2.28. The van der Waals surface area contributed by atoms with Gasteiger partial charge in [-0.25, -0.2) is 9.82 Å². The molecule has 2 aliphatic rings. The molecular weight excluding hydrogens is 355 g/mol. The summed E-state index contributed by atoms with van der Waals surface area (Å²) in [5, 5.41) is 3.38. The minimum absolute atomic E-state index is 0.0464. The maximum absolute atomic E-state index is 13.2. The van der Waals surface area contributed by atoms with Crippen molar-refractivity contribution in [3.05, 3.63) is 71.0 Å². The molecule has 148 valence electrons. The summed E-state index contributed by atoms with van der Waals surface area (Å²) in [6, 6.07) is 14.6. The van der Waals surface area contributed by atoms with E-state index in [0.29, 0.717) is 12.5 Å². The Morgan fingerprint density at radius 3 is 2.68 bits per heavy atom. The van der Waals surface area contributed by atoms with Crippen molar-refractivity contribution >= 4 is 5.91 Å². The number of halogens is 1. The van der Waals surface area contributed by atoms with Crippen molar-refractivity contribution in [1.29, 1.82) is 0 Å². The first-order valence-corrected chi connectivity index (χ1v) is 9.92. The molecule has 0 spiro atoms. The Hall–Kier alpha value is -2.28. The van der Waals surface area contributed by atoms with E-state index >= 15 is 0 Å². The molecule has 4 rings (SSSR count). The predicted octanol–water partition coefficient (Wildman–Crippen LogP) is 2.44. The number of carbonyl (C=O) groups is 1. The van der Waals surface area contributed by atoms with Crippen molar-refractivity contribution in [3.63, 3.8) is 0 Å². The van der Waals surface area contributed by atoms with Gasteiger partial charge < -0.3 is 10.2 Å². The summed E-state index contributed by atoms with van der Waals surface area (Å²) < 4.78 is 13.2. The Labute approximate surface area is 165 Å². The van der Waals surface area contributed by atoms with Gasteiger partial charge in [-0.15, -0.1) is 0 Å². The van der Waals surface area contributed by atoms with E-state index in [1.165, 1.54) is 12.1 Å². The molecule has 3 N–H and O–H groups in total. The van der Waals surface area contributed by atoms with Gasteiger partial charge in [-0.3, -0.25) is 10.2 Å². The Bertz CT molecular complexity index is 820. The number of benzene rings is 2. The summed E-state index contributed by atoms with van der Waals surface area (Å²) in [6.07, 6.45) is 1.07. The third-order valence-corrected chi connectivity index (χ3v) is 5.87. The van der Waals surface area contributed by atoms with Crippen LogP contribution in [0.4, 0.5) is 4.39 Å². The second kappa shape index (κ2) is 8.39. The number of nitrogens with one attached hydrogen (secondary N) is 3. The van der Waals surface area contributed by atoms with Gasteiger partial charge >= 0.3 is 0 Å². The molecule has 6 heteroatoms. The zero-order valence-corrected chi connectivity index (χ0v) is 16.1. The molecule has 3 unspecified atom stereocenters. The Morgan fingerprint density at radius 1 is 1.14 bits per heavy atom. The lowest BCUT2D eigenvalue weighted by Gasteiger charge is -2.26. The standard InChI is InChI=1S/C22H27FN4O/c1-27(14-17-13-25-26-21(17)15-6-8-18(23)9-7-15)22(28)20-5-3-2-4-19(20)16-10-11-24-12-16/h2-9,16-17,21,24-26H,10-14H2,1H3. The number of hydrazine groups is 1. The maximum Gasteiger partial charge on any atom is 0.253 e. The molecule has 0 aromatic heterocycles. The first-order chi connectivity index (χ1) is 13.6. The van der Waals surface area contributed by atoms with Crippen molar-refractivity contribution in [2.45, 2.75) is 18.4 Å². The van der Waals surface area contributed by atoms with E-state index in [1.807, 2.05) is 30.1 Å². The van der Waals surface area contributed by atoms with Crippen LogP contribution in [0.5, 0.6) is 0 Å². The SMILES string of the molecule is CN(CC1CNNC1c1ccc(F)cc1)C(=O)c1ccccc1C1CCNC1. The van der Waals surface area contributed by atoms with Crippen LogP contribution >= 0.6 is 0 Å². The number of carbonyl (C=O) groups excluding carboxylic acids is 1. The number of hydrogen-bond acceptors (Lipinski definition) is 4.